The van der Waals surface area contributed by atoms with E-state index in [-0.39, 0.29) is 0 Å². The molecule has 0 radical (unpaired) electrons. The number of aromatic nitrogens is 1. The lowest BCUT2D eigenvalue weighted by molar-refractivity contribution is 0.857. The maximum Gasteiger partial charge on any atom is 0.0547 e. The van der Waals surface area contributed by atoms with Gasteiger partial charge in [-0.2, -0.15) is 0 Å². The largest absolute Gasteiger partial charge is 0.309 e. The molecule has 0 spiro atoms. The zero-order valence-electron chi connectivity index (χ0n) is 23.6. The second-order valence-corrected chi connectivity index (χ2v) is 10.4. The van der Waals surface area contributed by atoms with Gasteiger partial charge in [-0.15, -0.1) is 0 Å². The summed E-state index contributed by atoms with van der Waals surface area (Å²) in [6.07, 6.45) is 4.00. The Bertz CT molecular complexity index is 1750. The van der Waals surface area contributed by atoms with Gasteiger partial charge in [-0.3, -0.25) is 0 Å². The van der Waals surface area contributed by atoms with Crippen LogP contribution in [0.5, 0.6) is 0 Å². The number of para-hydroxylation sites is 1. The third-order valence-corrected chi connectivity index (χ3v) is 7.45. The molecule has 0 saturated carbocycles. The van der Waals surface area contributed by atoms with E-state index < -0.39 is 0 Å². The van der Waals surface area contributed by atoms with Crippen molar-refractivity contribution in [1.29, 1.82) is 0 Å². The van der Waals surface area contributed by atoms with E-state index in [1.807, 2.05) is 26.0 Å². The minimum absolute atomic E-state index is 0.505. The van der Waals surface area contributed by atoms with Crippen molar-refractivity contribution in [1.82, 2.24) is 4.57 Å². The van der Waals surface area contributed by atoms with Gasteiger partial charge in [-0.1, -0.05) is 117 Å². The lowest BCUT2D eigenvalue weighted by Gasteiger charge is -2.13. The van der Waals surface area contributed by atoms with E-state index in [4.69, 9.17) is 0 Å². The Balaban J connectivity index is 0.000000723. The summed E-state index contributed by atoms with van der Waals surface area (Å²) >= 11 is 0. The smallest absolute Gasteiger partial charge is 0.0547 e. The summed E-state index contributed by atoms with van der Waals surface area (Å²) < 4.78 is 2.41. The normalized spacial score (nSPS) is 11.3. The number of hydrogen-bond donors (Lipinski definition) is 0. The van der Waals surface area contributed by atoms with Crippen LogP contribution in [0.15, 0.2) is 127 Å². The molecule has 1 heterocycles. The first-order chi connectivity index (χ1) is 19.0. The minimum Gasteiger partial charge on any atom is -0.309 e. The number of rotatable bonds is 4. The fourth-order valence-electron chi connectivity index (χ4n) is 5.33. The van der Waals surface area contributed by atoms with Gasteiger partial charge < -0.3 is 4.57 Å². The Hall–Kier alpha value is -4.36. The Morgan fingerprint density at radius 3 is 1.90 bits per heavy atom. The van der Waals surface area contributed by atoms with Gasteiger partial charge in [0.05, 0.1) is 11.0 Å². The predicted octanol–water partition coefficient (Wildman–Crippen LogP) is 11.1. The molecule has 1 heteroatoms. The molecule has 0 amide bonds. The maximum atomic E-state index is 2.41. The number of aryl methyl sites for hydroxylation is 1. The van der Waals surface area contributed by atoms with E-state index in [9.17, 15) is 0 Å². The van der Waals surface area contributed by atoms with Crippen molar-refractivity contribution in [2.75, 3.05) is 0 Å². The van der Waals surface area contributed by atoms with Crippen LogP contribution in [0.1, 0.15) is 44.7 Å². The zero-order valence-corrected chi connectivity index (χ0v) is 23.6. The molecule has 39 heavy (non-hydrogen) atoms. The van der Waals surface area contributed by atoms with Crippen molar-refractivity contribution in [3.63, 3.8) is 0 Å². The first kappa shape index (κ1) is 26.3. The highest BCUT2D eigenvalue weighted by atomic mass is 15.0. The Morgan fingerprint density at radius 1 is 0.538 bits per heavy atom. The fourth-order valence-corrected chi connectivity index (χ4v) is 5.33. The van der Waals surface area contributed by atoms with Crippen LogP contribution >= 0.6 is 0 Å². The third kappa shape index (κ3) is 5.31. The van der Waals surface area contributed by atoms with Crippen molar-refractivity contribution in [2.45, 2.75) is 40.5 Å². The summed E-state index contributed by atoms with van der Waals surface area (Å²) in [5, 5.41) is 2.57. The molecule has 0 aliphatic rings. The summed E-state index contributed by atoms with van der Waals surface area (Å²) in [7, 11) is 0. The maximum absolute atomic E-state index is 2.41. The molecule has 0 aliphatic heterocycles. The topological polar surface area (TPSA) is 4.93 Å². The number of fused-ring (bicyclic) bond motifs is 3. The highest BCUT2D eigenvalue weighted by Gasteiger charge is 2.14. The molecule has 1 nitrogen and oxygen atoms in total. The second kappa shape index (κ2) is 11.6. The number of benzene rings is 5. The standard InChI is InChI=1S/C34H29N.C4H8/c1-23(2)32-21-27(17-16-24(32)3)28-18-19-31-30-14-7-8-15-33(30)35(34(31)22-28)29-13-9-12-26(20-29)25-10-5-4-6-11-25;1-3-4-2/h4-23H,1-3H3;3-4H,1-2H3/b;4-3-. The number of nitrogens with zero attached hydrogens (tertiary/aromatic N) is 1. The van der Waals surface area contributed by atoms with E-state index in [2.05, 4.69) is 141 Å². The van der Waals surface area contributed by atoms with E-state index in [1.54, 1.807) is 0 Å². The summed E-state index contributed by atoms with van der Waals surface area (Å²) in [4.78, 5) is 0. The van der Waals surface area contributed by atoms with Crippen LogP contribution in [0.2, 0.25) is 0 Å². The molecule has 6 aromatic rings. The second-order valence-electron chi connectivity index (χ2n) is 10.4. The molecule has 0 aliphatic carbocycles. The highest BCUT2D eigenvalue weighted by Crippen LogP contribution is 2.36. The van der Waals surface area contributed by atoms with Crippen molar-refractivity contribution < 1.29 is 0 Å². The third-order valence-electron chi connectivity index (χ3n) is 7.45. The Labute approximate surface area is 233 Å². The van der Waals surface area contributed by atoms with Gasteiger partial charge in [0, 0.05) is 16.5 Å². The van der Waals surface area contributed by atoms with E-state index in [0.29, 0.717) is 5.92 Å². The van der Waals surface area contributed by atoms with Crippen LogP contribution < -0.4 is 0 Å². The molecule has 0 atom stereocenters. The molecule has 0 unspecified atom stereocenters. The SMILES string of the molecule is C/C=C\C.Cc1ccc(-c2ccc3c4ccccc4n(-c4cccc(-c5ccccc5)c4)c3c2)cc1C(C)C. The lowest BCUT2D eigenvalue weighted by atomic mass is 9.93. The number of hydrogen-bond acceptors (Lipinski definition) is 0. The molecular formula is C38H37N. The van der Waals surface area contributed by atoms with E-state index in [0.717, 1.165) is 0 Å². The molecule has 194 valence electrons. The Morgan fingerprint density at radius 2 is 1.15 bits per heavy atom. The van der Waals surface area contributed by atoms with Crippen LogP contribution in [0, 0.1) is 6.92 Å². The van der Waals surface area contributed by atoms with Crippen molar-refractivity contribution in [3.8, 4) is 27.9 Å². The van der Waals surface area contributed by atoms with Gasteiger partial charge in [-0.05, 0) is 84.3 Å². The fraction of sp³-hybridized carbons (Fsp3) is 0.158. The summed E-state index contributed by atoms with van der Waals surface area (Å²) in [6, 6.07) is 42.0. The average Bonchev–Trinajstić information content (AvgIpc) is 3.31. The average molecular weight is 508 g/mol. The van der Waals surface area contributed by atoms with E-state index in [1.165, 1.54) is 60.9 Å². The van der Waals surface area contributed by atoms with Crippen molar-refractivity contribution >= 4 is 21.8 Å². The molecule has 6 rings (SSSR count). The first-order valence-corrected chi connectivity index (χ1v) is 13.9. The van der Waals surface area contributed by atoms with Gasteiger partial charge in [0.2, 0.25) is 0 Å². The molecular weight excluding hydrogens is 470 g/mol. The van der Waals surface area contributed by atoms with Gasteiger partial charge in [0.1, 0.15) is 0 Å². The molecule has 0 saturated heterocycles. The monoisotopic (exact) mass is 507 g/mol. The van der Waals surface area contributed by atoms with Crippen LogP contribution in [0.3, 0.4) is 0 Å². The van der Waals surface area contributed by atoms with Crippen molar-refractivity contribution in [2.24, 2.45) is 0 Å². The number of allylic oxidation sites excluding steroid dienone is 2. The molecule has 1 aromatic heterocycles. The molecule has 5 aromatic carbocycles. The first-order valence-electron chi connectivity index (χ1n) is 13.9. The minimum atomic E-state index is 0.505. The summed E-state index contributed by atoms with van der Waals surface area (Å²) in [5.41, 5.74) is 11.4. The van der Waals surface area contributed by atoms with Crippen LogP contribution in [0.4, 0.5) is 0 Å². The summed E-state index contributed by atoms with van der Waals surface area (Å²) in [5.74, 6) is 0.505. The van der Waals surface area contributed by atoms with Crippen LogP contribution in [0.25, 0.3) is 49.7 Å². The Kier molecular flexibility index (Phi) is 7.79. The molecule has 0 N–H and O–H groups in total. The predicted molar refractivity (Wildman–Crippen MR) is 171 cm³/mol. The van der Waals surface area contributed by atoms with Gasteiger partial charge in [0.25, 0.3) is 0 Å². The highest BCUT2D eigenvalue weighted by molar-refractivity contribution is 6.10. The summed E-state index contributed by atoms with van der Waals surface area (Å²) in [6.45, 7) is 10.7. The van der Waals surface area contributed by atoms with Crippen LogP contribution in [-0.4, -0.2) is 4.57 Å². The van der Waals surface area contributed by atoms with E-state index >= 15 is 0 Å². The quantitative estimate of drug-likeness (QED) is 0.209. The molecule has 0 bridgehead atoms. The van der Waals surface area contributed by atoms with Crippen LogP contribution in [-0.2, 0) is 0 Å². The van der Waals surface area contributed by atoms with Gasteiger partial charge in [-0.25, -0.2) is 0 Å². The van der Waals surface area contributed by atoms with Gasteiger partial charge >= 0.3 is 0 Å². The lowest BCUT2D eigenvalue weighted by Crippen LogP contribution is -1.95. The van der Waals surface area contributed by atoms with Gasteiger partial charge in [0.15, 0.2) is 0 Å². The van der Waals surface area contributed by atoms with Crippen molar-refractivity contribution in [3.05, 3.63) is 139 Å². The zero-order chi connectivity index (χ0) is 27.4. The molecule has 0 fully saturated rings.